The van der Waals surface area contributed by atoms with Crippen molar-refractivity contribution in [3.05, 3.63) is 50.6 Å². The predicted molar refractivity (Wildman–Crippen MR) is 66.8 cm³/mol. The van der Waals surface area contributed by atoms with Crippen LogP contribution in [0, 0.1) is 5.82 Å². The average molecular weight is 301 g/mol. The van der Waals surface area contributed by atoms with Crippen molar-refractivity contribution in [1.29, 1.82) is 0 Å². The van der Waals surface area contributed by atoms with Gasteiger partial charge in [-0.2, -0.15) is 0 Å². The highest BCUT2D eigenvalue weighted by molar-refractivity contribution is 9.11. The van der Waals surface area contributed by atoms with Gasteiger partial charge in [-0.15, -0.1) is 11.3 Å². The summed E-state index contributed by atoms with van der Waals surface area (Å²) in [6, 6.07) is 7.06. The molecule has 2 heterocycles. The molecule has 0 saturated heterocycles. The molecule has 0 aliphatic rings. The van der Waals surface area contributed by atoms with E-state index in [9.17, 15) is 4.39 Å². The number of halogens is 2. The SMILES string of the molecule is Fc1cccnc1CNCc1ccc(Br)s1. The van der Waals surface area contributed by atoms with E-state index in [2.05, 4.69) is 26.2 Å². The minimum absolute atomic E-state index is 0.262. The Morgan fingerprint density at radius 2 is 2.19 bits per heavy atom. The van der Waals surface area contributed by atoms with Crippen LogP contribution in [0.2, 0.25) is 0 Å². The molecule has 0 aliphatic carbocycles. The van der Waals surface area contributed by atoms with Crippen molar-refractivity contribution in [3.8, 4) is 0 Å². The van der Waals surface area contributed by atoms with Crippen LogP contribution in [0.1, 0.15) is 10.6 Å². The second kappa shape index (κ2) is 5.52. The number of pyridine rings is 1. The highest BCUT2D eigenvalue weighted by Crippen LogP contribution is 2.21. The summed E-state index contributed by atoms with van der Waals surface area (Å²) in [7, 11) is 0. The Kier molecular flexibility index (Phi) is 4.04. The number of rotatable bonds is 4. The third-order valence-corrected chi connectivity index (χ3v) is 3.68. The van der Waals surface area contributed by atoms with Crippen LogP contribution >= 0.6 is 27.3 Å². The van der Waals surface area contributed by atoms with Gasteiger partial charge in [0.2, 0.25) is 0 Å². The first kappa shape index (κ1) is 11.7. The number of hydrogen-bond acceptors (Lipinski definition) is 3. The first-order valence-electron chi connectivity index (χ1n) is 4.80. The van der Waals surface area contributed by atoms with Crippen LogP contribution in [0.15, 0.2) is 34.2 Å². The zero-order valence-electron chi connectivity index (χ0n) is 8.41. The van der Waals surface area contributed by atoms with Gasteiger partial charge in [-0.05, 0) is 40.2 Å². The molecule has 0 atom stereocenters. The molecule has 84 valence electrons. The summed E-state index contributed by atoms with van der Waals surface area (Å²) in [5, 5.41) is 3.16. The Bertz CT molecular complexity index is 473. The van der Waals surface area contributed by atoms with Gasteiger partial charge >= 0.3 is 0 Å². The van der Waals surface area contributed by atoms with Crippen molar-refractivity contribution in [2.45, 2.75) is 13.1 Å². The largest absolute Gasteiger partial charge is 0.306 e. The van der Waals surface area contributed by atoms with Crippen molar-refractivity contribution < 1.29 is 4.39 Å². The van der Waals surface area contributed by atoms with Gasteiger partial charge in [0.1, 0.15) is 5.82 Å². The van der Waals surface area contributed by atoms with Gasteiger partial charge in [0, 0.05) is 24.2 Å². The van der Waals surface area contributed by atoms with Gasteiger partial charge in [-0.25, -0.2) is 4.39 Å². The Balaban J connectivity index is 1.87. The summed E-state index contributed by atoms with van der Waals surface area (Å²) in [4.78, 5) is 5.18. The molecule has 0 aromatic carbocycles. The van der Waals surface area contributed by atoms with Crippen molar-refractivity contribution in [3.63, 3.8) is 0 Å². The summed E-state index contributed by atoms with van der Waals surface area (Å²) in [5.41, 5.74) is 0.457. The summed E-state index contributed by atoms with van der Waals surface area (Å²) >= 11 is 5.07. The van der Waals surface area contributed by atoms with E-state index in [4.69, 9.17) is 0 Å². The summed E-state index contributed by atoms with van der Waals surface area (Å²) in [6.45, 7) is 1.18. The smallest absolute Gasteiger partial charge is 0.146 e. The molecule has 0 amide bonds. The molecule has 2 rings (SSSR count). The van der Waals surface area contributed by atoms with Gasteiger partial charge in [-0.3, -0.25) is 4.98 Å². The third kappa shape index (κ3) is 3.10. The molecule has 0 spiro atoms. The highest BCUT2D eigenvalue weighted by atomic mass is 79.9. The zero-order valence-corrected chi connectivity index (χ0v) is 10.8. The molecule has 2 nitrogen and oxygen atoms in total. The third-order valence-electron chi connectivity index (χ3n) is 2.06. The fourth-order valence-electron chi connectivity index (χ4n) is 1.30. The molecule has 5 heteroatoms. The quantitative estimate of drug-likeness (QED) is 0.937. The van der Waals surface area contributed by atoms with Crippen LogP contribution in [0.3, 0.4) is 0 Å². The van der Waals surface area contributed by atoms with E-state index in [1.165, 1.54) is 10.9 Å². The minimum atomic E-state index is -0.262. The van der Waals surface area contributed by atoms with Gasteiger partial charge in [0.15, 0.2) is 0 Å². The van der Waals surface area contributed by atoms with Crippen LogP contribution < -0.4 is 5.32 Å². The van der Waals surface area contributed by atoms with Crippen LogP contribution in [-0.2, 0) is 13.1 Å². The average Bonchev–Trinajstić information content (AvgIpc) is 2.67. The highest BCUT2D eigenvalue weighted by Gasteiger charge is 2.02. The van der Waals surface area contributed by atoms with Crippen molar-refractivity contribution in [2.24, 2.45) is 0 Å². The normalized spacial score (nSPS) is 10.6. The standard InChI is InChI=1S/C11H10BrFN2S/c12-11-4-3-8(16-11)6-14-7-10-9(13)2-1-5-15-10/h1-5,14H,6-7H2. The van der Waals surface area contributed by atoms with Gasteiger partial charge in [-0.1, -0.05) is 0 Å². The van der Waals surface area contributed by atoms with Crippen LogP contribution in [0.4, 0.5) is 4.39 Å². The summed E-state index contributed by atoms with van der Waals surface area (Å²) in [6.07, 6.45) is 1.60. The van der Waals surface area contributed by atoms with Crippen LogP contribution in [0.5, 0.6) is 0 Å². The second-order valence-electron chi connectivity index (χ2n) is 3.24. The molecule has 1 N–H and O–H groups in total. The minimum Gasteiger partial charge on any atom is -0.306 e. The first-order valence-corrected chi connectivity index (χ1v) is 6.41. The Labute approximate surface area is 106 Å². The molecule has 0 saturated carbocycles. The molecule has 2 aromatic heterocycles. The number of aromatic nitrogens is 1. The Morgan fingerprint density at radius 3 is 2.88 bits per heavy atom. The number of thiophene rings is 1. The van der Waals surface area contributed by atoms with Crippen molar-refractivity contribution >= 4 is 27.3 Å². The van der Waals surface area contributed by atoms with Gasteiger partial charge in [0.25, 0.3) is 0 Å². The van der Waals surface area contributed by atoms with Crippen LogP contribution in [-0.4, -0.2) is 4.98 Å². The maximum absolute atomic E-state index is 13.2. The van der Waals surface area contributed by atoms with Crippen molar-refractivity contribution in [1.82, 2.24) is 10.3 Å². The van der Waals surface area contributed by atoms with E-state index in [-0.39, 0.29) is 5.82 Å². The Morgan fingerprint density at radius 1 is 1.31 bits per heavy atom. The predicted octanol–water partition coefficient (Wildman–Crippen LogP) is 3.33. The molecule has 2 aromatic rings. The molecule has 0 bridgehead atoms. The lowest BCUT2D eigenvalue weighted by molar-refractivity contribution is 0.575. The number of nitrogens with zero attached hydrogens (tertiary/aromatic N) is 1. The molecular weight excluding hydrogens is 291 g/mol. The molecule has 0 aliphatic heterocycles. The molecule has 16 heavy (non-hydrogen) atoms. The lowest BCUT2D eigenvalue weighted by Gasteiger charge is -2.03. The molecule has 0 fully saturated rings. The van der Waals surface area contributed by atoms with E-state index >= 15 is 0 Å². The maximum Gasteiger partial charge on any atom is 0.146 e. The monoisotopic (exact) mass is 300 g/mol. The van der Waals surface area contributed by atoms with Gasteiger partial charge < -0.3 is 5.32 Å². The lowest BCUT2D eigenvalue weighted by atomic mass is 10.3. The molecular formula is C11H10BrFN2S. The van der Waals surface area contributed by atoms with E-state index in [1.54, 1.807) is 23.6 Å². The fourth-order valence-corrected chi connectivity index (χ4v) is 2.75. The summed E-state index contributed by atoms with van der Waals surface area (Å²) in [5.74, 6) is -0.262. The second-order valence-corrected chi connectivity index (χ2v) is 5.79. The maximum atomic E-state index is 13.2. The zero-order chi connectivity index (χ0) is 11.4. The molecule has 0 radical (unpaired) electrons. The lowest BCUT2D eigenvalue weighted by Crippen LogP contribution is -2.14. The van der Waals surface area contributed by atoms with E-state index in [0.717, 1.165) is 10.3 Å². The topological polar surface area (TPSA) is 24.9 Å². The first-order chi connectivity index (χ1) is 7.75. The Hall–Kier alpha value is -0.780. The van der Waals surface area contributed by atoms with E-state index < -0.39 is 0 Å². The molecule has 0 unspecified atom stereocenters. The fraction of sp³-hybridized carbons (Fsp3) is 0.182. The van der Waals surface area contributed by atoms with Crippen molar-refractivity contribution in [2.75, 3.05) is 0 Å². The van der Waals surface area contributed by atoms with Crippen LogP contribution in [0.25, 0.3) is 0 Å². The van der Waals surface area contributed by atoms with Gasteiger partial charge in [0.05, 0.1) is 9.48 Å². The number of nitrogens with one attached hydrogen (secondary N) is 1. The summed E-state index contributed by atoms with van der Waals surface area (Å²) < 4.78 is 14.3. The van der Waals surface area contributed by atoms with E-state index in [0.29, 0.717) is 12.2 Å². The van der Waals surface area contributed by atoms with E-state index in [1.807, 2.05) is 12.1 Å². The number of hydrogen-bond donors (Lipinski definition) is 1.